The minimum atomic E-state index is -1.74. The molecule has 0 radical (unpaired) electrons. The molecule has 0 aliphatic heterocycles. The largest absolute Gasteiger partial charge is 0.707 e. The molecule has 1 rings (SSSR count). The van der Waals surface area contributed by atoms with Gasteiger partial charge in [-0.05, 0) is 30.5 Å². The van der Waals surface area contributed by atoms with Crippen LogP contribution >= 0.6 is 0 Å². The molecule has 0 aliphatic carbocycles. The molecule has 0 amide bonds. The molecule has 0 bridgehead atoms. The third-order valence-electron chi connectivity index (χ3n) is 2.71. The molecule has 1 aromatic rings. The van der Waals surface area contributed by atoms with Gasteiger partial charge >= 0.3 is 7.32 Å². The summed E-state index contributed by atoms with van der Waals surface area (Å²) in [6.07, 6.45) is 7.30. The van der Waals surface area contributed by atoms with Gasteiger partial charge < -0.3 is 14.7 Å². The Bertz CT molecular complexity index is 315. The maximum Gasteiger partial charge on any atom is 0.707 e. The topological polar surface area (TPSA) is 49.7 Å². The van der Waals surface area contributed by atoms with E-state index in [-0.39, 0.29) is 0 Å². The van der Waals surface area contributed by atoms with Gasteiger partial charge in [0.15, 0.2) is 0 Å². The van der Waals surface area contributed by atoms with Crippen LogP contribution in [0.2, 0.25) is 0 Å². The monoisotopic (exact) mass is 236 g/mol. The van der Waals surface area contributed by atoms with E-state index in [1.807, 2.05) is 18.2 Å². The molecule has 0 saturated heterocycles. The number of hydrogen-bond acceptors (Lipinski definition) is 3. The predicted octanol–water partition coefficient (Wildman–Crippen LogP) is 2.55. The Hall–Kier alpha value is -0.995. The summed E-state index contributed by atoms with van der Waals surface area (Å²) in [4.78, 5) is 0. The van der Waals surface area contributed by atoms with Gasteiger partial charge in [-0.15, -0.1) is 0 Å². The SMILES string of the molecule is CCCCCCCc1cccc(OB(O)O)c1. The van der Waals surface area contributed by atoms with Crippen molar-refractivity contribution >= 4 is 7.32 Å². The first-order valence-corrected chi connectivity index (χ1v) is 6.34. The highest BCUT2D eigenvalue weighted by Gasteiger charge is 2.10. The second-order valence-corrected chi connectivity index (χ2v) is 4.26. The zero-order chi connectivity index (χ0) is 12.5. The van der Waals surface area contributed by atoms with Crippen LogP contribution in [-0.2, 0) is 6.42 Å². The van der Waals surface area contributed by atoms with Crippen LogP contribution in [0.5, 0.6) is 5.75 Å². The first-order valence-electron chi connectivity index (χ1n) is 6.34. The van der Waals surface area contributed by atoms with Gasteiger partial charge in [-0.1, -0.05) is 44.7 Å². The number of benzene rings is 1. The van der Waals surface area contributed by atoms with Crippen molar-refractivity contribution in [1.29, 1.82) is 0 Å². The van der Waals surface area contributed by atoms with E-state index in [2.05, 4.69) is 6.92 Å². The molecule has 0 saturated carbocycles. The zero-order valence-electron chi connectivity index (χ0n) is 10.4. The van der Waals surface area contributed by atoms with Gasteiger partial charge in [0.05, 0.1) is 0 Å². The van der Waals surface area contributed by atoms with Gasteiger partial charge in [-0.25, -0.2) is 0 Å². The van der Waals surface area contributed by atoms with E-state index in [4.69, 9.17) is 14.7 Å². The molecule has 94 valence electrons. The van der Waals surface area contributed by atoms with Gasteiger partial charge in [-0.2, -0.15) is 0 Å². The van der Waals surface area contributed by atoms with Crippen LogP contribution in [-0.4, -0.2) is 17.4 Å². The molecular formula is C13H21BO3. The first kappa shape index (κ1) is 14.1. The molecule has 17 heavy (non-hydrogen) atoms. The highest BCUT2D eigenvalue weighted by Crippen LogP contribution is 2.16. The van der Waals surface area contributed by atoms with Crippen molar-refractivity contribution in [3.8, 4) is 5.75 Å². The molecule has 4 heteroatoms. The summed E-state index contributed by atoms with van der Waals surface area (Å²) in [7, 11) is -1.74. The van der Waals surface area contributed by atoms with Gasteiger partial charge in [-0.3, -0.25) is 0 Å². The van der Waals surface area contributed by atoms with E-state index >= 15 is 0 Å². The minimum Gasteiger partial charge on any atom is -0.512 e. The average Bonchev–Trinajstić information content (AvgIpc) is 2.28. The fourth-order valence-electron chi connectivity index (χ4n) is 1.83. The molecule has 0 fully saturated rings. The Morgan fingerprint density at radius 3 is 2.59 bits per heavy atom. The van der Waals surface area contributed by atoms with E-state index in [1.54, 1.807) is 6.07 Å². The average molecular weight is 236 g/mol. The van der Waals surface area contributed by atoms with Crippen molar-refractivity contribution in [2.45, 2.75) is 45.4 Å². The Morgan fingerprint density at radius 1 is 1.12 bits per heavy atom. The van der Waals surface area contributed by atoms with E-state index in [0.717, 1.165) is 6.42 Å². The Labute approximate surface area is 104 Å². The molecule has 0 aromatic heterocycles. The summed E-state index contributed by atoms with van der Waals surface area (Å²) in [5.41, 5.74) is 1.18. The molecule has 1 aromatic carbocycles. The lowest BCUT2D eigenvalue weighted by Gasteiger charge is -2.07. The lowest BCUT2D eigenvalue weighted by molar-refractivity contribution is 0.288. The van der Waals surface area contributed by atoms with Gasteiger partial charge in [0.1, 0.15) is 5.75 Å². The number of hydrogen-bond donors (Lipinski definition) is 2. The van der Waals surface area contributed by atoms with Crippen molar-refractivity contribution < 1.29 is 14.7 Å². The van der Waals surface area contributed by atoms with Crippen LogP contribution in [0, 0.1) is 0 Å². The van der Waals surface area contributed by atoms with Crippen LogP contribution < -0.4 is 4.65 Å². The fourth-order valence-corrected chi connectivity index (χ4v) is 1.83. The van der Waals surface area contributed by atoms with Crippen molar-refractivity contribution in [2.24, 2.45) is 0 Å². The van der Waals surface area contributed by atoms with Crippen LogP contribution in [0.4, 0.5) is 0 Å². The maximum absolute atomic E-state index is 8.70. The number of aryl methyl sites for hydroxylation is 1. The third kappa shape index (κ3) is 6.34. The van der Waals surface area contributed by atoms with Gasteiger partial charge in [0.2, 0.25) is 0 Å². The Morgan fingerprint density at radius 2 is 1.88 bits per heavy atom. The summed E-state index contributed by atoms with van der Waals surface area (Å²) in [6.45, 7) is 2.21. The first-order chi connectivity index (χ1) is 8.22. The second-order valence-electron chi connectivity index (χ2n) is 4.26. The fraction of sp³-hybridized carbons (Fsp3) is 0.538. The summed E-state index contributed by atoms with van der Waals surface area (Å²) < 4.78 is 4.81. The van der Waals surface area contributed by atoms with E-state index in [1.165, 1.54) is 37.7 Å². The molecule has 0 atom stereocenters. The summed E-state index contributed by atoms with van der Waals surface area (Å²) in [6, 6.07) is 7.49. The van der Waals surface area contributed by atoms with E-state index in [0.29, 0.717) is 5.75 Å². The summed E-state index contributed by atoms with van der Waals surface area (Å²) >= 11 is 0. The van der Waals surface area contributed by atoms with Crippen LogP contribution in [0.25, 0.3) is 0 Å². The van der Waals surface area contributed by atoms with Crippen molar-refractivity contribution in [3.05, 3.63) is 29.8 Å². The van der Waals surface area contributed by atoms with Gasteiger partial charge in [0, 0.05) is 0 Å². The molecule has 0 aliphatic rings. The minimum absolute atomic E-state index is 0.506. The summed E-state index contributed by atoms with van der Waals surface area (Å²) in [5.74, 6) is 0.506. The molecule has 2 N–H and O–H groups in total. The molecular weight excluding hydrogens is 215 g/mol. The zero-order valence-corrected chi connectivity index (χ0v) is 10.4. The van der Waals surface area contributed by atoms with Gasteiger partial charge in [0.25, 0.3) is 0 Å². The Balaban J connectivity index is 2.32. The van der Waals surface area contributed by atoms with E-state index < -0.39 is 7.32 Å². The van der Waals surface area contributed by atoms with Crippen molar-refractivity contribution in [2.75, 3.05) is 0 Å². The lowest BCUT2D eigenvalue weighted by Crippen LogP contribution is -2.20. The third-order valence-corrected chi connectivity index (χ3v) is 2.71. The second kappa shape index (κ2) is 8.15. The predicted molar refractivity (Wildman–Crippen MR) is 69.7 cm³/mol. The molecule has 0 unspecified atom stereocenters. The standard InChI is InChI=1S/C13H21BO3/c1-2-3-4-5-6-8-12-9-7-10-13(11-12)17-14(15)16/h7,9-11,15-16H,2-6,8H2,1H3. The quantitative estimate of drug-likeness (QED) is 0.538. The number of rotatable bonds is 8. The van der Waals surface area contributed by atoms with Crippen molar-refractivity contribution in [1.82, 2.24) is 0 Å². The smallest absolute Gasteiger partial charge is 0.512 e. The van der Waals surface area contributed by atoms with Crippen LogP contribution in [0.3, 0.4) is 0 Å². The molecule has 0 heterocycles. The molecule has 3 nitrogen and oxygen atoms in total. The Kier molecular flexibility index (Phi) is 6.74. The maximum atomic E-state index is 8.70. The van der Waals surface area contributed by atoms with Crippen LogP contribution in [0.1, 0.15) is 44.6 Å². The van der Waals surface area contributed by atoms with Crippen molar-refractivity contribution in [3.63, 3.8) is 0 Å². The van der Waals surface area contributed by atoms with Crippen LogP contribution in [0.15, 0.2) is 24.3 Å². The normalized spacial score (nSPS) is 10.3. The van der Waals surface area contributed by atoms with E-state index in [9.17, 15) is 0 Å². The number of unbranched alkanes of at least 4 members (excludes halogenated alkanes) is 4. The highest BCUT2D eigenvalue weighted by molar-refractivity contribution is 6.33. The lowest BCUT2D eigenvalue weighted by atomic mass is 10.1. The highest BCUT2D eigenvalue weighted by atomic mass is 16.6. The summed E-state index contributed by atoms with van der Waals surface area (Å²) in [5, 5.41) is 17.4. The molecule has 0 spiro atoms.